The van der Waals surface area contributed by atoms with Crippen LogP contribution in [0.1, 0.15) is 0 Å². The molecule has 0 amide bonds. The summed E-state index contributed by atoms with van der Waals surface area (Å²) in [6, 6.07) is 7.47. The van der Waals surface area contributed by atoms with E-state index in [4.69, 9.17) is 5.73 Å². The second-order valence-corrected chi connectivity index (χ2v) is 3.86. The molecule has 2 rings (SSSR count). The molecule has 2 aromatic carbocycles. The summed E-state index contributed by atoms with van der Waals surface area (Å²) < 4.78 is 39.6. The highest BCUT2D eigenvalue weighted by Gasteiger charge is 2.13. The predicted molar refractivity (Wildman–Crippen MR) is 65.2 cm³/mol. The molecule has 2 N–H and O–H groups in total. The number of anilines is 3. The standard InChI is InChI=1S/C13H11F3N2/c1-18(10-4-2-3-8(14)5-10)12-7-9(15)6-11(16)13(12)17/h2-7H,17H2,1H3. The normalized spacial score (nSPS) is 10.4. The quantitative estimate of drug-likeness (QED) is 0.829. The van der Waals surface area contributed by atoms with Crippen molar-refractivity contribution in [1.29, 1.82) is 0 Å². The molecule has 0 atom stereocenters. The topological polar surface area (TPSA) is 29.3 Å². The van der Waals surface area contributed by atoms with E-state index in [9.17, 15) is 13.2 Å². The van der Waals surface area contributed by atoms with Gasteiger partial charge in [-0.05, 0) is 24.3 Å². The third kappa shape index (κ3) is 2.25. The minimum absolute atomic E-state index is 0.151. The Morgan fingerprint density at radius 1 is 1.00 bits per heavy atom. The molecule has 0 bridgehead atoms. The highest BCUT2D eigenvalue weighted by atomic mass is 19.1. The van der Waals surface area contributed by atoms with Gasteiger partial charge in [0, 0.05) is 18.8 Å². The van der Waals surface area contributed by atoms with E-state index in [1.807, 2.05) is 0 Å². The summed E-state index contributed by atoms with van der Waals surface area (Å²) in [7, 11) is 1.55. The van der Waals surface area contributed by atoms with Crippen molar-refractivity contribution in [2.24, 2.45) is 0 Å². The summed E-state index contributed by atoms with van der Waals surface area (Å²) in [6.45, 7) is 0. The molecule has 0 aliphatic carbocycles. The Kier molecular flexibility index (Phi) is 3.14. The predicted octanol–water partition coefficient (Wildman–Crippen LogP) is 3.45. The number of halogens is 3. The second-order valence-electron chi connectivity index (χ2n) is 3.86. The fourth-order valence-electron chi connectivity index (χ4n) is 1.67. The molecule has 2 aromatic rings. The number of nitrogens with zero attached hydrogens (tertiary/aromatic N) is 1. The zero-order chi connectivity index (χ0) is 13.3. The monoisotopic (exact) mass is 252 g/mol. The molecular weight excluding hydrogens is 241 g/mol. The Morgan fingerprint density at radius 3 is 2.39 bits per heavy atom. The molecule has 0 aliphatic rings. The van der Waals surface area contributed by atoms with Crippen LogP contribution < -0.4 is 10.6 Å². The van der Waals surface area contributed by atoms with Gasteiger partial charge in [-0.3, -0.25) is 0 Å². The van der Waals surface area contributed by atoms with Gasteiger partial charge in [0.1, 0.15) is 11.6 Å². The number of hydrogen-bond acceptors (Lipinski definition) is 2. The molecule has 0 unspecified atom stereocenters. The van der Waals surface area contributed by atoms with Crippen molar-refractivity contribution < 1.29 is 13.2 Å². The smallest absolute Gasteiger partial charge is 0.151 e. The zero-order valence-corrected chi connectivity index (χ0v) is 9.62. The van der Waals surface area contributed by atoms with Crippen molar-refractivity contribution in [2.45, 2.75) is 0 Å². The van der Waals surface area contributed by atoms with Crippen LogP contribution in [0.5, 0.6) is 0 Å². The zero-order valence-electron chi connectivity index (χ0n) is 9.62. The first-order chi connectivity index (χ1) is 8.49. The van der Waals surface area contributed by atoms with Gasteiger partial charge in [0.05, 0.1) is 11.4 Å². The summed E-state index contributed by atoms with van der Waals surface area (Å²) in [4.78, 5) is 1.42. The molecule has 0 heterocycles. The Labute approximate surface area is 102 Å². The molecule has 0 aliphatic heterocycles. The summed E-state index contributed by atoms with van der Waals surface area (Å²) in [5.41, 5.74) is 5.97. The lowest BCUT2D eigenvalue weighted by Crippen LogP contribution is -2.13. The van der Waals surface area contributed by atoms with Crippen LogP contribution in [0.25, 0.3) is 0 Å². The van der Waals surface area contributed by atoms with Crippen LogP contribution in [0.3, 0.4) is 0 Å². The maximum atomic E-state index is 13.3. The van der Waals surface area contributed by atoms with E-state index in [1.165, 1.54) is 23.1 Å². The molecule has 5 heteroatoms. The molecule has 0 aromatic heterocycles. The van der Waals surface area contributed by atoms with Gasteiger partial charge in [-0.2, -0.15) is 0 Å². The van der Waals surface area contributed by atoms with Crippen molar-refractivity contribution in [3.05, 3.63) is 53.8 Å². The Morgan fingerprint density at radius 2 is 1.72 bits per heavy atom. The highest BCUT2D eigenvalue weighted by Crippen LogP contribution is 2.31. The molecule has 0 spiro atoms. The molecule has 0 saturated heterocycles. The van der Waals surface area contributed by atoms with E-state index in [0.29, 0.717) is 11.8 Å². The lowest BCUT2D eigenvalue weighted by atomic mass is 10.2. The molecule has 2 nitrogen and oxygen atoms in total. The van der Waals surface area contributed by atoms with Crippen LogP contribution in [0, 0.1) is 17.5 Å². The van der Waals surface area contributed by atoms with Gasteiger partial charge >= 0.3 is 0 Å². The lowest BCUT2D eigenvalue weighted by Gasteiger charge is -2.21. The van der Waals surface area contributed by atoms with Crippen LogP contribution in [-0.4, -0.2) is 7.05 Å². The summed E-state index contributed by atoms with van der Waals surface area (Å²) in [5, 5.41) is 0. The summed E-state index contributed by atoms with van der Waals surface area (Å²) >= 11 is 0. The van der Waals surface area contributed by atoms with Crippen molar-refractivity contribution in [3.63, 3.8) is 0 Å². The second kappa shape index (κ2) is 4.60. The number of hydrogen-bond donors (Lipinski definition) is 1. The SMILES string of the molecule is CN(c1cccc(F)c1)c1cc(F)cc(F)c1N. The van der Waals surface area contributed by atoms with Gasteiger partial charge in [0.2, 0.25) is 0 Å². The maximum absolute atomic E-state index is 13.3. The van der Waals surface area contributed by atoms with Crippen LogP contribution in [-0.2, 0) is 0 Å². The van der Waals surface area contributed by atoms with E-state index in [1.54, 1.807) is 13.1 Å². The minimum atomic E-state index is -0.840. The van der Waals surface area contributed by atoms with Crippen LogP contribution in [0.4, 0.5) is 30.2 Å². The number of nitrogen functional groups attached to an aromatic ring is 1. The van der Waals surface area contributed by atoms with Gasteiger partial charge in [0.15, 0.2) is 5.82 Å². The fourth-order valence-corrected chi connectivity index (χ4v) is 1.67. The van der Waals surface area contributed by atoms with E-state index < -0.39 is 17.5 Å². The van der Waals surface area contributed by atoms with Gasteiger partial charge in [-0.25, -0.2) is 13.2 Å². The van der Waals surface area contributed by atoms with Crippen molar-refractivity contribution in [1.82, 2.24) is 0 Å². The third-order valence-electron chi connectivity index (χ3n) is 2.63. The van der Waals surface area contributed by atoms with Crippen LogP contribution >= 0.6 is 0 Å². The first kappa shape index (κ1) is 12.3. The highest BCUT2D eigenvalue weighted by molar-refractivity contribution is 5.74. The maximum Gasteiger partial charge on any atom is 0.151 e. The van der Waals surface area contributed by atoms with Gasteiger partial charge in [0.25, 0.3) is 0 Å². The Hall–Kier alpha value is -2.17. The van der Waals surface area contributed by atoms with Crippen molar-refractivity contribution >= 4 is 17.1 Å². The largest absolute Gasteiger partial charge is 0.395 e. The summed E-state index contributed by atoms with van der Waals surface area (Å²) in [6.07, 6.45) is 0. The van der Waals surface area contributed by atoms with Crippen LogP contribution in [0.15, 0.2) is 36.4 Å². The van der Waals surface area contributed by atoms with Gasteiger partial charge in [-0.1, -0.05) is 6.07 Å². The Balaban J connectivity index is 2.49. The average molecular weight is 252 g/mol. The number of rotatable bonds is 2. The first-order valence-electron chi connectivity index (χ1n) is 5.23. The molecule has 0 saturated carbocycles. The van der Waals surface area contributed by atoms with Crippen molar-refractivity contribution in [3.8, 4) is 0 Å². The number of benzene rings is 2. The van der Waals surface area contributed by atoms with Crippen molar-refractivity contribution in [2.75, 3.05) is 17.7 Å². The third-order valence-corrected chi connectivity index (χ3v) is 2.63. The molecule has 18 heavy (non-hydrogen) atoms. The molecular formula is C13H11F3N2. The average Bonchev–Trinajstić information content (AvgIpc) is 2.33. The number of nitrogens with two attached hydrogens (primary N) is 1. The van der Waals surface area contributed by atoms with Crippen LogP contribution in [0.2, 0.25) is 0 Å². The van der Waals surface area contributed by atoms with E-state index in [2.05, 4.69) is 0 Å². The fraction of sp³-hybridized carbons (Fsp3) is 0.0769. The lowest BCUT2D eigenvalue weighted by molar-refractivity contribution is 0.586. The first-order valence-corrected chi connectivity index (χ1v) is 5.23. The van der Waals surface area contributed by atoms with E-state index >= 15 is 0 Å². The molecule has 94 valence electrons. The van der Waals surface area contributed by atoms with Gasteiger partial charge < -0.3 is 10.6 Å². The summed E-state index contributed by atoms with van der Waals surface area (Å²) in [5.74, 6) is -2.01. The van der Waals surface area contributed by atoms with Gasteiger partial charge in [-0.15, -0.1) is 0 Å². The van der Waals surface area contributed by atoms with E-state index in [0.717, 1.165) is 6.07 Å². The minimum Gasteiger partial charge on any atom is -0.395 e. The van der Waals surface area contributed by atoms with E-state index in [-0.39, 0.29) is 11.4 Å². The molecule has 0 radical (unpaired) electrons. The Bertz CT molecular complexity index is 584. The molecule has 0 fully saturated rings.